The van der Waals surface area contributed by atoms with Crippen LogP contribution in [0.15, 0.2) is 59.3 Å². The quantitative estimate of drug-likeness (QED) is 0.285. The number of halogens is 1. The maximum atomic E-state index is 12.3. The first-order valence-corrected chi connectivity index (χ1v) is 12.9. The summed E-state index contributed by atoms with van der Waals surface area (Å²) in [5.74, 6) is 2.56. The van der Waals surface area contributed by atoms with Gasteiger partial charge in [0.05, 0.1) is 20.6 Å². The van der Waals surface area contributed by atoms with Gasteiger partial charge in [-0.3, -0.25) is 0 Å². The lowest BCUT2D eigenvalue weighted by atomic mass is 9.81. The molecular formula is C26H26ClN5O2S. The van der Waals surface area contributed by atoms with Gasteiger partial charge in [-0.1, -0.05) is 41.0 Å². The van der Waals surface area contributed by atoms with Crippen LogP contribution in [-0.2, 0) is 6.42 Å². The predicted molar refractivity (Wildman–Crippen MR) is 139 cm³/mol. The fourth-order valence-electron chi connectivity index (χ4n) is 4.46. The minimum Gasteiger partial charge on any atom is -0.339 e. The second-order valence-electron chi connectivity index (χ2n) is 8.86. The Balaban J connectivity index is 1.15. The third-order valence-corrected chi connectivity index (χ3v) is 7.84. The number of hydrogen-bond donors (Lipinski definition) is 2. The Morgan fingerprint density at radius 2 is 1.86 bits per heavy atom. The number of benzene rings is 2. The first-order valence-electron chi connectivity index (χ1n) is 11.7. The van der Waals surface area contributed by atoms with Gasteiger partial charge in [0.1, 0.15) is 0 Å². The molecule has 0 unspecified atom stereocenters. The average Bonchev–Trinajstić information content (AvgIpc) is 3.51. The lowest BCUT2D eigenvalue weighted by Gasteiger charge is -2.26. The van der Waals surface area contributed by atoms with Crippen molar-refractivity contribution in [3.63, 3.8) is 0 Å². The summed E-state index contributed by atoms with van der Waals surface area (Å²) >= 11 is 7.86. The number of carbonyl (C=O) groups excluding carboxylic acids is 1. The molecule has 1 aliphatic rings. The van der Waals surface area contributed by atoms with E-state index >= 15 is 0 Å². The molecule has 1 aliphatic carbocycles. The van der Waals surface area contributed by atoms with Gasteiger partial charge in [0.15, 0.2) is 5.82 Å². The van der Waals surface area contributed by atoms with E-state index in [0.29, 0.717) is 34.1 Å². The number of nitrogens with one attached hydrogen (secondary N) is 2. The van der Waals surface area contributed by atoms with Gasteiger partial charge < -0.3 is 15.2 Å². The molecule has 1 saturated carbocycles. The van der Waals surface area contributed by atoms with Gasteiger partial charge in [0.25, 0.3) is 0 Å². The van der Waals surface area contributed by atoms with Crippen LogP contribution in [0.5, 0.6) is 0 Å². The Hall–Kier alpha value is -3.23. The SMILES string of the molecule is Cc1noc(CC2CCC(c3ncc(-c4ccc(NC(=O)Nc5ccccc5Cl)cc4)s3)CC2)n1. The molecule has 2 heterocycles. The number of aryl methyl sites for hydroxylation is 1. The Morgan fingerprint density at radius 3 is 2.57 bits per heavy atom. The lowest BCUT2D eigenvalue weighted by molar-refractivity contribution is 0.262. The Morgan fingerprint density at radius 1 is 1.09 bits per heavy atom. The molecular weight excluding hydrogens is 482 g/mol. The van der Waals surface area contributed by atoms with Crippen LogP contribution < -0.4 is 10.6 Å². The zero-order chi connectivity index (χ0) is 24.2. The molecule has 0 aliphatic heterocycles. The fraction of sp³-hybridized carbons (Fsp3) is 0.308. The lowest BCUT2D eigenvalue weighted by Crippen LogP contribution is -2.19. The van der Waals surface area contributed by atoms with Crippen molar-refractivity contribution in [2.24, 2.45) is 5.92 Å². The molecule has 35 heavy (non-hydrogen) atoms. The number of thiazole rings is 1. The molecule has 9 heteroatoms. The van der Waals surface area contributed by atoms with E-state index in [1.165, 1.54) is 5.01 Å². The summed E-state index contributed by atoms with van der Waals surface area (Å²) in [6.07, 6.45) is 7.39. The highest BCUT2D eigenvalue weighted by Crippen LogP contribution is 2.40. The van der Waals surface area contributed by atoms with E-state index in [1.807, 2.05) is 49.5 Å². The van der Waals surface area contributed by atoms with Gasteiger partial charge in [-0.05, 0) is 68.4 Å². The van der Waals surface area contributed by atoms with Crippen molar-refractivity contribution in [3.8, 4) is 10.4 Å². The van der Waals surface area contributed by atoms with Crippen LogP contribution in [0, 0.1) is 12.8 Å². The smallest absolute Gasteiger partial charge is 0.323 e. The van der Waals surface area contributed by atoms with Crippen LogP contribution >= 0.6 is 22.9 Å². The third kappa shape index (κ3) is 5.89. The number of carbonyl (C=O) groups is 1. The van der Waals surface area contributed by atoms with E-state index < -0.39 is 0 Å². The van der Waals surface area contributed by atoms with Crippen LogP contribution in [-0.4, -0.2) is 21.2 Å². The van der Waals surface area contributed by atoms with Crippen molar-refractivity contribution in [3.05, 3.63) is 76.5 Å². The molecule has 2 amide bonds. The van der Waals surface area contributed by atoms with Gasteiger partial charge in [-0.2, -0.15) is 4.98 Å². The molecule has 4 aromatic rings. The summed E-state index contributed by atoms with van der Waals surface area (Å²) in [5.41, 5.74) is 2.36. The summed E-state index contributed by atoms with van der Waals surface area (Å²) in [5, 5.41) is 11.2. The van der Waals surface area contributed by atoms with E-state index in [4.69, 9.17) is 21.1 Å². The summed E-state index contributed by atoms with van der Waals surface area (Å²) in [6.45, 7) is 1.85. The highest BCUT2D eigenvalue weighted by Gasteiger charge is 2.26. The van der Waals surface area contributed by atoms with E-state index in [0.717, 1.165) is 48.4 Å². The van der Waals surface area contributed by atoms with Gasteiger partial charge in [0.2, 0.25) is 5.89 Å². The highest BCUT2D eigenvalue weighted by atomic mass is 35.5. The minimum atomic E-state index is -0.337. The van der Waals surface area contributed by atoms with Crippen molar-refractivity contribution in [1.82, 2.24) is 15.1 Å². The van der Waals surface area contributed by atoms with E-state index in [2.05, 4.69) is 20.8 Å². The van der Waals surface area contributed by atoms with Gasteiger partial charge in [0, 0.05) is 24.2 Å². The van der Waals surface area contributed by atoms with Crippen molar-refractivity contribution in [2.45, 2.75) is 44.9 Å². The third-order valence-electron chi connectivity index (χ3n) is 6.30. The van der Waals surface area contributed by atoms with Crippen LogP contribution in [0.1, 0.15) is 48.3 Å². The van der Waals surface area contributed by atoms with Crippen LogP contribution in [0.2, 0.25) is 5.02 Å². The molecule has 2 aromatic heterocycles. The largest absolute Gasteiger partial charge is 0.339 e. The average molecular weight is 508 g/mol. The second-order valence-corrected chi connectivity index (χ2v) is 10.3. The zero-order valence-electron chi connectivity index (χ0n) is 19.3. The number of hydrogen-bond acceptors (Lipinski definition) is 6. The van der Waals surface area contributed by atoms with Crippen LogP contribution in [0.25, 0.3) is 10.4 Å². The van der Waals surface area contributed by atoms with Crippen molar-refractivity contribution < 1.29 is 9.32 Å². The fourth-order valence-corrected chi connectivity index (χ4v) is 5.73. The zero-order valence-corrected chi connectivity index (χ0v) is 20.9. The Labute approximate surface area is 212 Å². The summed E-state index contributed by atoms with van der Waals surface area (Å²) in [7, 11) is 0. The number of nitrogens with zero attached hydrogens (tertiary/aromatic N) is 3. The molecule has 1 fully saturated rings. The number of urea groups is 1. The van der Waals surface area contributed by atoms with Gasteiger partial charge >= 0.3 is 6.03 Å². The standard InChI is InChI=1S/C26H26ClN5O2S/c1-16-29-24(34-32-16)14-17-6-8-19(9-7-17)25-28-15-23(35-25)18-10-12-20(13-11-18)30-26(33)31-22-5-3-2-4-21(22)27/h2-5,10-13,15,17,19H,6-9,14H2,1H3,(H2,30,31,33). The topological polar surface area (TPSA) is 92.9 Å². The number of rotatable bonds is 6. The summed E-state index contributed by atoms with van der Waals surface area (Å²) < 4.78 is 5.29. The number of amides is 2. The first kappa shape index (κ1) is 23.5. The number of aromatic nitrogens is 3. The predicted octanol–water partition coefficient (Wildman–Crippen LogP) is 7.32. The maximum Gasteiger partial charge on any atom is 0.323 e. The van der Waals surface area contributed by atoms with Crippen molar-refractivity contribution >= 4 is 40.3 Å². The normalized spacial score (nSPS) is 17.8. The van der Waals surface area contributed by atoms with E-state index in [9.17, 15) is 4.79 Å². The molecule has 0 spiro atoms. The van der Waals surface area contributed by atoms with Crippen molar-refractivity contribution in [1.29, 1.82) is 0 Å². The molecule has 7 nitrogen and oxygen atoms in total. The molecule has 0 radical (unpaired) electrons. The molecule has 2 aromatic carbocycles. The van der Waals surface area contributed by atoms with Gasteiger partial charge in [-0.15, -0.1) is 11.3 Å². The highest BCUT2D eigenvalue weighted by molar-refractivity contribution is 7.15. The van der Waals surface area contributed by atoms with E-state index in [1.54, 1.807) is 23.5 Å². The molecule has 2 N–H and O–H groups in total. The maximum absolute atomic E-state index is 12.3. The van der Waals surface area contributed by atoms with Crippen LogP contribution in [0.4, 0.5) is 16.2 Å². The molecule has 0 bridgehead atoms. The molecule has 5 rings (SSSR count). The first-order chi connectivity index (χ1) is 17.0. The number of anilines is 2. The summed E-state index contributed by atoms with van der Waals surface area (Å²) in [4.78, 5) is 22.5. The number of para-hydroxylation sites is 1. The van der Waals surface area contributed by atoms with Gasteiger partial charge in [-0.25, -0.2) is 9.78 Å². The van der Waals surface area contributed by atoms with Crippen molar-refractivity contribution in [2.75, 3.05) is 10.6 Å². The van der Waals surface area contributed by atoms with E-state index in [-0.39, 0.29) is 6.03 Å². The molecule has 180 valence electrons. The Bertz CT molecular complexity index is 1300. The second kappa shape index (κ2) is 10.6. The van der Waals surface area contributed by atoms with Crippen LogP contribution in [0.3, 0.4) is 0 Å². The summed E-state index contributed by atoms with van der Waals surface area (Å²) in [6, 6.07) is 14.6. The molecule has 0 saturated heterocycles. The Kier molecular flexibility index (Phi) is 7.11. The molecule has 0 atom stereocenters. The monoisotopic (exact) mass is 507 g/mol. The minimum absolute atomic E-state index is 0.337.